The number of pyridine rings is 1. The Morgan fingerprint density at radius 2 is 1.82 bits per heavy atom. The lowest BCUT2D eigenvalue weighted by Gasteiger charge is -2.22. The van der Waals surface area contributed by atoms with Gasteiger partial charge < -0.3 is 5.11 Å². The van der Waals surface area contributed by atoms with Crippen molar-refractivity contribution in [2.45, 2.75) is 44.3 Å². The summed E-state index contributed by atoms with van der Waals surface area (Å²) in [6.45, 7) is 10.6. The number of benzene rings is 3. The average Bonchev–Trinajstić information content (AvgIpc) is 3.71. The first-order valence-corrected chi connectivity index (χ1v) is 15.1. The number of aliphatic carboxylic acids is 1. The second kappa shape index (κ2) is 12.0. The molecule has 204 valence electrons. The third-order valence-corrected chi connectivity index (χ3v) is 9.72. The van der Waals surface area contributed by atoms with Crippen LogP contribution in [-0.2, 0) is 11.2 Å². The highest BCUT2D eigenvalue weighted by Crippen LogP contribution is 2.53. The second-order valence-electron chi connectivity index (χ2n) is 11.0. The lowest BCUT2D eigenvalue weighted by molar-refractivity contribution is -0.138. The summed E-state index contributed by atoms with van der Waals surface area (Å²) in [4.78, 5) is 16.3. The molecule has 0 amide bonds. The molecule has 5 rings (SSSR count). The number of carboxylic acid groups (broad SMARTS) is 1. The van der Waals surface area contributed by atoms with E-state index < -0.39 is 5.97 Å². The molecule has 3 nitrogen and oxygen atoms in total. The van der Waals surface area contributed by atoms with Crippen LogP contribution in [0.3, 0.4) is 0 Å². The van der Waals surface area contributed by atoms with Crippen molar-refractivity contribution >= 4 is 51.4 Å². The normalized spacial score (nSPS) is 14.6. The minimum Gasteiger partial charge on any atom is -0.481 e. The van der Waals surface area contributed by atoms with E-state index in [9.17, 15) is 9.90 Å². The molecular weight excluding hydrogens is 534 g/mol. The molecule has 0 unspecified atom stereocenters. The van der Waals surface area contributed by atoms with Gasteiger partial charge in [0.25, 0.3) is 0 Å². The van der Waals surface area contributed by atoms with Crippen LogP contribution < -0.4 is 0 Å². The number of carboxylic acids is 1. The van der Waals surface area contributed by atoms with E-state index in [-0.39, 0.29) is 17.1 Å². The van der Waals surface area contributed by atoms with Crippen molar-refractivity contribution in [3.8, 4) is 0 Å². The van der Waals surface area contributed by atoms with E-state index in [1.54, 1.807) is 0 Å². The van der Waals surface area contributed by atoms with E-state index in [2.05, 4.69) is 74.7 Å². The number of aromatic nitrogens is 1. The maximum absolute atomic E-state index is 11.5. The molecule has 5 heteroatoms. The largest absolute Gasteiger partial charge is 0.481 e. The van der Waals surface area contributed by atoms with Gasteiger partial charge in [0.2, 0.25) is 0 Å². The Labute approximate surface area is 246 Å². The van der Waals surface area contributed by atoms with Crippen LogP contribution in [0, 0.1) is 5.41 Å². The van der Waals surface area contributed by atoms with E-state index in [4.69, 9.17) is 16.6 Å². The lowest BCUT2D eigenvalue weighted by atomic mass is 9.95. The number of aryl methyl sites for hydroxylation is 1. The summed E-state index contributed by atoms with van der Waals surface area (Å²) in [5.74, 6) is 0.150. The molecule has 3 aromatic carbocycles. The van der Waals surface area contributed by atoms with Crippen molar-refractivity contribution in [3.63, 3.8) is 0 Å². The maximum Gasteiger partial charge on any atom is 0.303 e. The quantitative estimate of drug-likeness (QED) is 0.185. The van der Waals surface area contributed by atoms with Crippen LogP contribution >= 0.6 is 23.4 Å². The molecule has 1 atom stereocenters. The monoisotopic (exact) mass is 567 g/mol. The van der Waals surface area contributed by atoms with Crippen molar-refractivity contribution in [1.82, 2.24) is 4.98 Å². The van der Waals surface area contributed by atoms with Gasteiger partial charge in [-0.15, -0.1) is 0 Å². The number of rotatable bonds is 12. The Balaban J connectivity index is 1.41. The first-order valence-electron chi connectivity index (χ1n) is 13.7. The minimum absolute atomic E-state index is 0.0676. The summed E-state index contributed by atoms with van der Waals surface area (Å²) in [5, 5.41) is 11.4. The Morgan fingerprint density at radius 1 is 1.05 bits per heavy atom. The molecule has 0 radical (unpaired) electrons. The number of halogens is 1. The van der Waals surface area contributed by atoms with Crippen LogP contribution in [0.15, 0.2) is 92.0 Å². The fourth-order valence-corrected chi connectivity index (χ4v) is 7.00. The van der Waals surface area contributed by atoms with Crippen LogP contribution in [0.25, 0.3) is 22.0 Å². The highest BCUT2D eigenvalue weighted by molar-refractivity contribution is 7.99. The van der Waals surface area contributed by atoms with Crippen LogP contribution in [0.5, 0.6) is 0 Å². The summed E-state index contributed by atoms with van der Waals surface area (Å²) < 4.78 is 0. The van der Waals surface area contributed by atoms with Gasteiger partial charge >= 0.3 is 5.97 Å². The fourth-order valence-electron chi connectivity index (χ4n) is 5.27. The molecule has 1 N–H and O–H groups in total. The predicted molar refractivity (Wildman–Crippen MR) is 170 cm³/mol. The van der Waals surface area contributed by atoms with Crippen molar-refractivity contribution in [2.24, 2.45) is 5.41 Å². The Kier molecular flexibility index (Phi) is 8.48. The van der Waals surface area contributed by atoms with Crippen molar-refractivity contribution in [3.05, 3.63) is 125 Å². The van der Waals surface area contributed by atoms with Gasteiger partial charge in [-0.05, 0) is 84.5 Å². The maximum atomic E-state index is 11.5. The van der Waals surface area contributed by atoms with Crippen LogP contribution in [0.1, 0.15) is 65.8 Å². The predicted octanol–water partition coefficient (Wildman–Crippen LogP) is 9.64. The number of allylic oxidation sites excluding steroid dienone is 1. The SMILES string of the molecule is C=C(c1cccc([C@@H](CCc2ccccc2C(=C)C)SCC2(CC(=O)O)CC2)c1)c1ccc2ccc(Cl)cc2n1. The highest BCUT2D eigenvalue weighted by Gasteiger charge is 2.44. The number of nitrogens with zero attached hydrogens (tertiary/aromatic N) is 1. The molecule has 1 aromatic heterocycles. The van der Waals surface area contributed by atoms with Crippen molar-refractivity contribution in [2.75, 3.05) is 5.75 Å². The molecule has 1 saturated carbocycles. The highest BCUT2D eigenvalue weighted by atomic mass is 35.5. The van der Waals surface area contributed by atoms with E-state index >= 15 is 0 Å². The Morgan fingerprint density at radius 3 is 2.58 bits per heavy atom. The van der Waals surface area contributed by atoms with Crippen molar-refractivity contribution in [1.29, 1.82) is 0 Å². The molecule has 1 aliphatic carbocycles. The minimum atomic E-state index is -0.701. The summed E-state index contributed by atoms with van der Waals surface area (Å²) in [6, 6.07) is 26.9. The number of carbonyl (C=O) groups is 1. The van der Waals surface area contributed by atoms with Gasteiger partial charge in [-0.2, -0.15) is 11.8 Å². The summed E-state index contributed by atoms with van der Waals surface area (Å²) >= 11 is 8.11. The van der Waals surface area contributed by atoms with Gasteiger partial charge in [0.15, 0.2) is 0 Å². The van der Waals surface area contributed by atoms with Gasteiger partial charge in [0, 0.05) is 27.0 Å². The third kappa shape index (κ3) is 6.68. The zero-order valence-corrected chi connectivity index (χ0v) is 24.4. The van der Waals surface area contributed by atoms with Crippen LogP contribution in [-0.4, -0.2) is 21.8 Å². The first kappa shape index (κ1) is 28.2. The molecular formula is C35H34ClNO2S. The van der Waals surface area contributed by atoms with Gasteiger partial charge in [-0.25, -0.2) is 4.98 Å². The first-order chi connectivity index (χ1) is 19.2. The summed E-state index contributed by atoms with van der Waals surface area (Å²) in [7, 11) is 0. The fraction of sp³-hybridized carbons (Fsp3) is 0.257. The van der Waals surface area contributed by atoms with Gasteiger partial charge in [-0.3, -0.25) is 4.79 Å². The van der Waals surface area contributed by atoms with Crippen LogP contribution in [0.2, 0.25) is 5.02 Å². The molecule has 1 aliphatic rings. The summed E-state index contributed by atoms with van der Waals surface area (Å²) in [6.07, 6.45) is 4.10. The molecule has 1 heterocycles. The Bertz CT molecular complexity index is 1590. The number of hydrogen-bond donors (Lipinski definition) is 1. The molecule has 4 aromatic rings. The number of hydrogen-bond acceptors (Lipinski definition) is 3. The van der Waals surface area contributed by atoms with E-state index in [1.807, 2.05) is 36.0 Å². The molecule has 0 bridgehead atoms. The zero-order valence-electron chi connectivity index (χ0n) is 22.8. The summed E-state index contributed by atoms with van der Waals surface area (Å²) in [5.41, 5.74) is 8.31. The standard InChI is InChI=1S/C35H34ClNO2S/c1-23(2)30-10-5-4-7-25(30)13-16-33(40-22-35(17-18-35)21-34(38)39)28-9-6-8-27(19-28)24(3)31-15-12-26-11-14-29(36)20-32(26)37-31/h4-12,14-15,19-20,33H,1,3,13,16-18,21-22H2,2H3,(H,38,39)/t33-/m1/s1. The van der Waals surface area contributed by atoms with Gasteiger partial charge in [-0.1, -0.05) is 84.9 Å². The molecule has 0 saturated heterocycles. The molecule has 40 heavy (non-hydrogen) atoms. The average molecular weight is 568 g/mol. The lowest BCUT2D eigenvalue weighted by Crippen LogP contribution is -2.12. The second-order valence-corrected chi connectivity index (χ2v) is 12.6. The Hall–Kier alpha value is -3.34. The number of fused-ring (bicyclic) bond motifs is 1. The third-order valence-electron chi connectivity index (χ3n) is 7.80. The van der Waals surface area contributed by atoms with Gasteiger partial charge in [0.05, 0.1) is 17.6 Å². The number of thioether (sulfide) groups is 1. The van der Waals surface area contributed by atoms with Crippen LogP contribution in [0.4, 0.5) is 0 Å². The van der Waals surface area contributed by atoms with E-state index in [0.717, 1.165) is 64.7 Å². The topological polar surface area (TPSA) is 50.2 Å². The smallest absolute Gasteiger partial charge is 0.303 e. The van der Waals surface area contributed by atoms with E-state index in [0.29, 0.717) is 5.02 Å². The molecule has 0 aliphatic heterocycles. The van der Waals surface area contributed by atoms with E-state index in [1.165, 1.54) is 16.7 Å². The van der Waals surface area contributed by atoms with Crippen molar-refractivity contribution < 1.29 is 9.90 Å². The van der Waals surface area contributed by atoms with Gasteiger partial charge in [0.1, 0.15) is 0 Å². The molecule has 1 fully saturated rings. The zero-order chi connectivity index (χ0) is 28.3. The molecule has 0 spiro atoms.